The van der Waals surface area contributed by atoms with Gasteiger partial charge >= 0.3 is 5.97 Å². The van der Waals surface area contributed by atoms with Crippen LogP contribution in [0, 0.1) is 13.8 Å². The fourth-order valence-electron chi connectivity index (χ4n) is 1.86. The third-order valence-corrected chi connectivity index (χ3v) is 3.97. The number of rotatable bonds is 5. The molecule has 0 amide bonds. The summed E-state index contributed by atoms with van der Waals surface area (Å²) < 4.78 is 5.44. The predicted molar refractivity (Wildman–Crippen MR) is 76.6 cm³/mol. The smallest absolute Gasteiger partial charge is 0.339 e. The fourth-order valence-corrected chi connectivity index (χ4v) is 2.85. The quantitative estimate of drug-likeness (QED) is 0.895. The Hall–Kier alpha value is -1.68. The average molecular weight is 276 g/mol. The summed E-state index contributed by atoms with van der Waals surface area (Å²) in [5, 5.41) is 8.95. The minimum atomic E-state index is -0.934. The number of hydrogen-bond acceptors (Lipinski definition) is 3. The van der Waals surface area contributed by atoms with Gasteiger partial charge < -0.3 is 9.52 Å². The van der Waals surface area contributed by atoms with Gasteiger partial charge in [0, 0.05) is 5.75 Å². The normalized spacial score (nSPS) is 10.6. The third kappa shape index (κ3) is 3.41. The first-order valence-corrected chi connectivity index (χ1v) is 7.18. The van der Waals surface area contributed by atoms with Gasteiger partial charge in [-0.1, -0.05) is 24.3 Å². The van der Waals surface area contributed by atoms with Gasteiger partial charge in [0.1, 0.15) is 17.1 Å². The van der Waals surface area contributed by atoms with Crippen molar-refractivity contribution in [1.29, 1.82) is 0 Å². The van der Waals surface area contributed by atoms with Crippen molar-refractivity contribution in [1.82, 2.24) is 0 Å². The molecule has 1 aromatic carbocycles. The number of benzene rings is 1. The number of aryl methyl sites for hydroxylation is 2. The highest BCUT2D eigenvalue weighted by Gasteiger charge is 2.13. The Morgan fingerprint density at radius 3 is 2.63 bits per heavy atom. The molecule has 19 heavy (non-hydrogen) atoms. The number of hydrogen-bond donors (Lipinski definition) is 1. The maximum Gasteiger partial charge on any atom is 0.339 e. The molecule has 1 aromatic heterocycles. The molecule has 1 heterocycles. The van der Waals surface area contributed by atoms with Gasteiger partial charge in [-0.05, 0) is 31.0 Å². The fraction of sp³-hybridized carbons (Fsp3) is 0.267. The molecule has 4 heteroatoms. The van der Waals surface area contributed by atoms with Crippen LogP contribution >= 0.6 is 11.8 Å². The van der Waals surface area contributed by atoms with Crippen LogP contribution in [-0.2, 0) is 11.5 Å². The van der Waals surface area contributed by atoms with E-state index in [4.69, 9.17) is 9.52 Å². The number of carboxylic acid groups (broad SMARTS) is 1. The van der Waals surface area contributed by atoms with Crippen molar-refractivity contribution in [2.75, 3.05) is 0 Å². The SMILES string of the molecule is Cc1ccccc1CSCc1cc(C(=O)O)c(C)o1. The molecule has 0 aliphatic heterocycles. The molecular formula is C15H16O3S. The van der Waals surface area contributed by atoms with Gasteiger partial charge in [-0.25, -0.2) is 4.79 Å². The van der Waals surface area contributed by atoms with Crippen molar-refractivity contribution in [2.24, 2.45) is 0 Å². The number of carbonyl (C=O) groups is 1. The highest BCUT2D eigenvalue weighted by Crippen LogP contribution is 2.23. The number of thioether (sulfide) groups is 1. The standard InChI is InChI=1S/C15H16O3S/c1-10-5-3-4-6-12(10)8-19-9-13-7-14(15(16)17)11(2)18-13/h3-7H,8-9H2,1-2H3,(H,16,17). The first kappa shape index (κ1) is 13.7. The number of aromatic carboxylic acids is 1. The third-order valence-electron chi connectivity index (χ3n) is 2.96. The molecule has 0 spiro atoms. The molecule has 0 unspecified atom stereocenters. The largest absolute Gasteiger partial charge is 0.478 e. The van der Waals surface area contributed by atoms with E-state index in [1.165, 1.54) is 11.1 Å². The molecular weight excluding hydrogens is 260 g/mol. The summed E-state index contributed by atoms with van der Waals surface area (Å²) in [6.45, 7) is 3.77. The molecule has 0 aliphatic rings. The van der Waals surface area contributed by atoms with Crippen LogP contribution in [-0.4, -0.2) is 11.1 Å². The van der Waals surface area contributed by atoms with Crippen molar-refractivity contribution in [3.8, 4) is 0 Å². The summed E-state index contributed by atoms with van der Waals surface area (Å²) in [5.41, 5.74) is 2.83. The van der Waals surface area contributed by atoms with Gasteiger partial charge in [0.2, 0.25) is 0 Å². The molecule has 2 aromatic rings. The van der Waals surface area contributed by atoms with E-state index in [-0.39, 0.29) is 5.56 Å². The predicted octanol–water partition coefficient (Wildman–Crippen LogP) is 4.03. The first-order valence-electron chi connectivity index (χ1n) is 6.03. The van der Waals surface area contributed by atoms with Crippen LogP contribution in [0.1, 0.15) is 33.0 Å². The first-order chi connectivity index (χ1) is 9.08. The van der Waals surface area contributed by atoms with Gasteiger partial charge in [0.15, 0.2) is 0 Å². The van der Waals surface area contributed by atoms with E-state index in [0.29, 0.717) is 17.3 Å². The Kier molecular flexibility index (Phi) is 4.32. The highest BCUT2D eigenvalue weighted by atomic mass is 32.2. The number of carboxylic acids is 1. The maximum atomic E-state index is 10.9. The summed E-state index contributed by atoms with van der Waals surface area (Å²) in [6, 6.07) is 9.87. The van der Waals surface area contributed by atoms with E-state index in [1.807, 2.05) is 12.1 Å². The van der Waals surface area contributed by atoms with E-state index >= 15 is 0 Å². The Balaban J connectivity index is 1.95. The van der Waals surface area contributed by atoms with E-state index in [2.05, 4.69) is 19.1 Å². The highest BCUT2D eigenvalue weighted by molar-refractivity contribution is 7.97. The van der Waals surface area contributed by atoms with E-state index < -0.39 is 5.97 Å². The zero-order chi connectivity index (χ0) is 13.8. The van der Waals surface area contributed by atoms with Crippen molar-refractivity contribution >= 4 is 17.7 Å². The number of furan rings is 1. The van der Waals surface area contributed by atoms with Gasteiger partial charge in [-0.2, -0.15) is 0 Å². The average Bonchev–Trinajstić information content (AvgIpc) is 2.73. The van der Waals surface area contributed by atoms with Crippen LogP contribution in [0.4, 0.5) is 0 Å². The molecule has 100 valence electrons. The molecule has 2 rings (SSSR count). The van der Waals surface area contributed by atoms with Crippen LogP contribution in [0.25, 0.3) is 0 Å². The zero-order valence-corrected chi connectivity index (χ0v) is 11.8. The lowest BCUT2D eigenvalue weighted by Crippen LogP contribution is -1.94. The van der Waals surface area contributed by atoms with Crippen LogP contribution in [0.5, 0.6) is 0 Å². The monoisotopic (exact) mass is 276 g/mol. The Morgan fingerprint density at radius 2 is 2.00 bits per heavy atom. The van der Waals surface area contributed by atoms with Crippen LogP contribution in [0.15, 0.2) is 34.7 Å². The maximum absolute atomic E-state index is 10.9. The summed E-state index contributed by atoms with van der Waals surface area (Å²) >= 11 is 1.72. The molecule has 0 aliphatic carbocycles. The lowest BCUT2D eigenvalue weighted by molar-refractivity contribution is 0.0695. The Morgan fingerprint density at radius 1 is 1.26 bits per heavy atom. The molecule has 0 saturated carbocycles. The minimum absolute atomic E-state index is 0.256. The van der Waals surface area contributed by atoms with Gasteiger partial charge in [-0.3, -0.25) is 0 Å². The minimum Gasteiger partial charge on any atom is -0.478 e. The van der Waals surface area contributed by atoms with E-state index in [9.17, 15) is 4.79 Å². The Bertz CT molecular complexity index is 587. The van der Waals surface area contributed by atoms with Gasteiger partial charge in [0.05, 0.1) is 5.75 Å². The zero-order valence-electron chi connectivity index (χ0n) is 11.0. The molecule has 0 bridgehead atoms. The second-order valence-electron chi connectivity index (χ2n) is 4.41. The summed E-state index contributed by atoms with van der Waals surface area (Å²) in [7, 11) is 0. The van der Waals surface area contributed by atoms with Gasteiger partial charge in [-0.15, -0.1) is 11.8 Å². The second kappa shape index (κ2) is 5.97. The molecule has 3 nitrogen and oxygen atoms in total. The summed E-state index contributed by atoms with van der Waals surface area (Å²) in [6.07, 6.45) is 0. The van der Waals surface area contributed by atoms with Crippen LogP contribution in [0.3, 0.4) is 0 Å². The molecule has 0 atom stereocenters. The summed E-state index contributed by atoms with van der Waals surface area (Å²) in [4.78, 5) is 10.9. The Labute approximate surface area is 116 Å². The van der Waals surface area contributed by atoms with Gasteiger partial charge in [0.25, 0.3) is 0 Å². The molecule has 1 N–H and O–H groups in total. The molecule has 0 fully saturated rings. The molecule has 0 saturated heterocycles. The van der Waals surface area contributed by atoms with Crippen molar-refractivity contribution in [3.05, 3.63) is 58.5 Å². The van der Waals surface area contributed by atoms with E-state index in [1.54, 1.807) is 24.8 Å². The van der Waals surface area contributed by atoms with Crippen molar-refractivity contribution in [3.63, 3.8) is 0 Å². The lowest BCUT2D eigenvalue weighted by Gasteiger charge is -2.03. The van der Waals surface area contributed by atoms with Crippen molar-refractivity contribution < 1.29 is 14.3 Å². The van der Waals surface area contributed by atoms with Crippen molar-refractivity contribution in [2.45, 2.75) is 25.4 Å². The molecule has 0 radical (unpaired) electrons. The second-order valence-corrected chi connectivity index (χ2v) is 5.39. The lowest BCUT2D eigenvalue weighted by atomic mass is 10.1. The van der Waals surface area contributed by atoms with Crippen LogP contribution < -0.4 is 0 Å². The van der Waals surface area contributed by atoms with Crippen LogP contribution in [0.2, 0.25) is 0 Å². The topological polar surface area (TPSA) is 50.4 Å². The van der Waals surface area contributed by atoms with E-state index in [0.717, 1.165) is 5.75 Å². The summed E-state index contributed by atoms with van der Waals surface area (Å²) in [5.74, 6) is 1.83.